The first-order valence-corrected chi connectivity index (χ1v) is 11.4. The van der Waals surface area contributed by atoms with Crippen LogP contribution in [0.1, 0.15) is 43.2 Å². The third-order valence-electron chi connectivity index (χ3n) is 6.11. The molecule has 0 radical (unpaired) electrons. The molecule has 1 unspecified atom stereocenters. The number of urea groups is 1. The summed E-state index contributed by atoms with van der Waals surface area (Å²) in [4.78, 5) is 27.2. The summed E-state index contributed by atoms with van der Waals surface area (Å²) < 4.78 is 5.88. The summed E-state index contributed by atoms with van der Waals surface area (Å²) in [5.41, 5.74) is 4.29. The van der Waals surface area contributed by atoms with Crippen LogP contribution in [0.25, 0.3) is 6.08 Å². The standard InChI is InChI=1S/C26H27N5O2/c1-18-17-31(26(32)30-23-5-3-10-27-16-23)11-9-21(18)12-19-4-2-6-24(13-19)33-25-28-14-22(15-29-25)20-7-8-20/h2-6,10,12-16,18,20H,7-9,11,17H2,1H3,(H,30,32). The molecule has 7 heteroatoms. The van der Waals surface area contributed by atoms with Crippen molar-refractivity contribution in [1.82, 2.24) is 19.9 Å². The fourth-order valence-corrected chi connectivity index (χ4v) is 4.08. The van der Waals surface area contributed by atoms with Crippen molar-refractivity contribution in [3.05, 3.63) is 77.9 Å². The van der Waals surface area contributed by atoms with Gasteiger partial charge in [-0.1, -0.05) is 30.7 Å². The molecule has 168 valence electrons. The average Bonchev–Trinajstić information content (AvgIpc) is 3.67. The summed E-state index contributed by atoms with van der Waals surface area (Å²) in [6.07, 6.45) is 12.6. The summed E-state index contributed by atoms with van der Waals surface area (Å²) >= 11 is 0. The Bertz CT molecular complexity index is 1140. The van der Waals surface area contributed by atoms with E-state index in [0.29, 0.717) is 36.5 Å². The second-order valence-electron chi connectivity index (χ2n) is 8.74. The van der Waals surface area contributed by atoms with Crippen LogP contribution in [-0.4, -0.2) is 39.0 Å². The number of benzene rings is 1. The summed E-state index contributed by atoms with van der Waals surface area (Å²) in [6, 6.07) is 11.9. The molecule has 1 aromatic carbocycles. The Morgan fingerprint density at radius 3 is 2.73 bits per heavy atom. The van der Waals surface area contributed by atoms with Crippen molar-refractivity contribution in [3.63, 3.8) is 0 Å². The zero-order valence-electron chi connectivity index (χ0n) is 18.6. The normalized spacial score (nSPS) is 19.4. The number of aromatic nitrogens is 3. The number of nitrogens with one attached hydrogen (secondary N) is 1. The monoisotopic (exact) mass is 441 g/mol. The van der Waals surface area contributed by atoms with Gasteiger partial charge in [0.05, 0.1) is 11.9 Å². The number of likely N-dealkylation sites (tertiary alicyclic amines) is 1. The minimum Gasteiger partial charge on any atom is -0.424 e. The minimum absolute atomic E-state index is 0.0861. The van der Waals surface area contributed by atoms with Gasteiger partial charge in [0.15, 0.2) is 0 Å². The molecule has 7 nitrogen and oxygen atoms in total. The highest BCUT2D eigenvalue weighted by molar-refractivity contribution is 5.89. The molecule has 0 bridgehead atoms. The van der Waals surface area contributed by atoms with Crippen LogP contribution in [0, 0.1) is 5.92 Å². The van der Waals surface area contributed by atoms with E-state index in [1.54, 1.807) is 12.4 Å². The largest absolute Gasteiger partial charge is 0.424 e. The van der Waals surface area contributed by atoms with E-state index in [1.165, 1.54) is 24.0 Å². The molecule has 1 saturated heterocycles. The van der Waals surface area contributed by atoms with E-state index in [1.807, 2.05) is 47.6 Å². The predicted molar refractivity (Wildman–Crippen MR) is 127 cm³/mol. The highest BCUT2D eigenvalue weighted by Crippen LogP contribution is 2.39. The summed E-state index contributed by atoms with van der Waals surface area (Å²) in [5, 5.41) is 2.92. The second-order valence-corrected chi connectivity index (χ2v) is 8.74. The molecule has 2 amide bonds. The Morgan fingerprint density at radius 2 is 2.00 bits per heavy atom. The van der Waals surface area contributed by atoms with E-state index < -0.39 is 0 Å². The van der Waals surface area contributed by atoms with Crippen LogP contribution in [0.5, 0.6) is 11.8 Å². The average molecular weight is 442 g/mol. The maximum absolute atomic E-state index is 12.6. The van der Waals surface area contributed by atoms with E-state index >= 15 is 0 Å². The van der Waals surface area contributed by atoms with Gasteiger partial charge in [-0.15, -0.1) is 0 Å². The van der Waals surface area contributed by atoms with Crippen molar-refractivity contribution in [2.75, 3.05) is 18.4 Å². The number of rotatable bonds is 5. The van der Waals surface area contributed by atoms with Crippen LogP contribution in [-0.2, 0) is 0 Å². The first-order valence-electron chi connectivity index (χ1n) is 11.4. The Labute approximate surface area is 193 Å². The molecule has 1 saturated carbocycles. The van der Waals surface area contributed by atoms with Crippen molar-refractivity contribution in [2.45, 2.75) is 32.1 Å². The van der Waals surface area contributed by atoms with Crippen molar-refractivity contribution in [2.24, 2.45) is 5.92 Å². The number of anilines is 1. The van der Waals surface area contributed by atoms with E-state index in [0.717, 1.165) is 12.0 Å². The van der Waals surface area contributed by atoms with Gasteiger partial charge in [0.25, 0.3) is 0 Å². The summed E-state index contributed by atoms with van der Waals surface area (Å²) in [7, 11) is 0. The zero-order valence-corrected chi connectivity index (χ0v) is 18.6. The Balaban J connectivity index is 1.21. The van der Waals surface area contributed by atoms with Gasteiger partial charge in [-0.3, -0.25) is 4.98 Å². The third-order valence-corrected chi connectivity index (χ3v) is 6.11. The zero-order chi connectivity index (χ0) is 22.6. The number of hydrogen-bond donors (Lipinski definition) is 1. The molecule has 33 heavy (non-hydrogen) atoms. The van der Waals surface area contributed by atoms with Gasteiger partial charge in [0, 0.05) is 31.7 Å². The van der Waals surface area contributed by atoms with Crippen molar-refractivity contribution in [3.8, 4) is 11.8 Å². The van der Waals surface area contributed by atoms with Crippen LogP contribution in [0.4, 0.5) is 10.5 Å². The lowest BCUT2D eigenvalue weighted by Crippen LogP contribution is -2.42. The van der Waals surface area contributed by atoms with Crippen molar-refractivity contribution >= 4 is 17.8 Å². The molecule has 1 atom stereocenters. The summed E-state index contributed by atoms with van der Waals surface area (Å²) in [5.74, 6) is 1.61. The number of pyridine rings is 1. The third kappa shape index (κ3) is 5.37. The van der Waals surface area contributed by atoms with Crippen LogP contribution in [0.2, 0.25) is 0 Å². The molecule has 2 fully saturated rings. The molecule has 3 heterocycles. The number of piperidine rings is 1. The van der Waals surface area contributed by atoms with Gasteiger partial charge in [-0.05, 0) is 66.5 Å². The number of hydrogen-bond acceptors (Lipinski definition) is 5. The lowest BCUT2D eigenvalue weighted by molar-refractivity contribution is 0.198. The quantitative estimate of drug-likeness (QED) is 0.566. The highest BCUT2D eigenvalue weighted by Gasteiger charge is 2.25. The molecular formula is C26H27N5O2. The van der Waals surface area contributed by atoms with E-state index in [-0.39, 0.29) is 11.9 Å². The smallest absolute Gasteiger partial charge is 0.321 e. The number of nitrogens with zero attached hydrogens (tertiary/aromatic N) is 4. The number of amides is 2. The van der Waals surface area contributed by atoms with Gasteiger partial charge < -0.3 is 15.0 Å². The Morgan fingerprint density at radius 1 is 1.15 bits per heavy atom. The maximum atomic E-state index is 12.6. The van der Waals surface area contributed by atoms with Gasteiger partial charge in [0.1, 0.15) is 5.75 Å². The van der Waals surface area contributed by atoms with Crippen molar-refractivity contribution in [1.29, 1.82) is 0 Å². The van der Waals surface area contributed by atoms with E-state index in [4.69, 9.17) is 4.74 Å². The maximum Gasteiger partial charge on any atom is 0.321 e. The van der Waals surface area contributed by atoms with Crippen LogP contribution in [0.3, 0.4) is 0 Å². The number of carbonyl (C=O) groups is 1. The Hall–Kier alpha value is -3.74. The molecule has 1 aliphatic heterocycles. The molecular weight excluding hydrogens is 414 g/mol. The predicted octanol–water partition coefficient (Wildman–Crippen LogP) is 5.50. The Kier molecular flexibility index (Phi) is 6.02. The van der Waals surface area contributed by atoms with Gasteiger partial charge in [-0.25, -0.2) is 14.8 Å². The van der Waals surface area contributed by atoms with Gasteiger partial charge >= 0.3 is 12.0 Å². The number of ether oxygens (including phenoxy) is 1. The molecule has 2 aliphatic rings. The van der Waals surface area contributed by atoms with Crippen LogP contribution in [0.15, 0.2) is 66.8 Å². The van der Waals surface area contributed by atoms with Crippen LogP contribution < -0.4 is 10.1 Å². The SMILES string of the molecule is CC1CN(C(=O)Nc2cccnc2)CCC1=Cc1cccc(Oc2ncc(C3CC3)cn2)c1. The minimum atomic E-state index is -0.0861. The second kappa shape index (κ2) is 9.40. The molecule has 5 rings (SSSR count). The molecule has 3 aromatic rings. The molecule has 2 aromatic heterocycles. The lowest BCUT2D eigenvalue weighted by Gasteiger charge is -2.33. The molecule has 1 N–H and O–H groups in total. The fraction of sp³-hybridized carbons (Fsp3) is 0.308. The van der Waals surface area contributed by atoms with Crippen LogP contribution >= 0.6 is 0 Å². The van der Waals surface area contributed by atoms with Crippen molar-refractivity contribution < 1.29 is 9.53 Å². The fourth-order valence-electron chi connectivity index (χ4n) is 4.08. The van der Waals surface area contributed by atoms with Gasteiger partial charge in [-0.2, -0.15) is 0 Å². The first-order chi connectivity index (χ1) is 16.1. The van der Waals surface area contributed by atoms with Gasteiger partial charge in [0.2, 0.25) is 0 Å². The lowest BCUT2D eigenvalue weighted by atomic mass is 9.91. The topological polar surface area (TPSA) is 80.2 Å². The highest BCUT2D eigenvalue weighted by atomic mass is 16.5. The first kappa shape index (κ1) is 21.1. The number of carbonyl (C=O) groups excluding carboxylic acids is 1. The molecule has 0 spiro atoms. The molecule has 1 aliphatic carbocycles. The van der Waals surface area contributed by atoms with E-state index in [9.17, 15) is 4.79 Å². The summed E-state index contributed by atoms with van der Waals surface area (Å²) in [6.45, 7) is 3.51. The van der Waals surface area contributed by atoms with E-state index in [2.05, 4.69) is 39.3 Å².